The first kappa shape index (κ1) is 11.7. The fraction of sp³-hybridized carbons (Fsp3) is 0.500. The lowest BCUT2D eigenvalue weighted by Gasteiger charge is -2.07. The molecule has 0 aromatic heterocycles. The molecule has 0 aliphatic heterocycles. The molecule has 0 aliphatic rings. The summed E-state index contributed by atoms with van der Waals surface area (Å²) in [6.07, 6.45) is 2.13. The highest BCUT2D eigenvalue weighted by Crippen LogP contribution is 2.19. The van der Waals surface area contributed by atoms with Crippen LogP contribution in [0.25, 0.3) is 0 Å². The maximum absolute atomic E-state index is 10.5. The summed E-state index contributed by atoms with van der Waals surface area (Å²) in [5, 5.41) is 10.5. The molecular formula is C12H17NO2. The topological polar surface area (TPSA) is 43.1 Å². The summed E-state index contributed by atoms with van der Waals surface area (Å²) in [5.74, 6) is 0.666. The Labute approximate surface area is 90.3 Å². The van der Waals surface area contributed by atoms with Crippen LogP contribution in [0.3, 0.4) is 0 Å². The molecule has 1 rings (SSSR count). The van der Waals surface area contributed by atoms with E-state index in [1.54, 1.807) is 12.1 Å². The van der Waals surface area contributed by atoms with Crippen LogP contribution in [0.15, 0.2) is 18.2 Å². The van der Waals surface area contributed by atoms with E-state index in [1.165, 1.54) is 5.56 Å². The smallest absolute Gasteiger partial charge is 0.258 e. The van der Waals surface area contributed by atoms with Crippen molar-refractivity contribution in [1.29, 1.82) is 0 Å². The molecule has 82 valence electrons. The van der Waals surface area contributed by atoms with Crippen LogP contribution in [0, 0.1) is 23.0 Å². The van der Waals surface area contributed by atoms with E-state index in [1.807, 2.05) is 13.0 Å². The molecule has 0 bridgehead atoms. The highest BCUT2D eigenvalue weighted by Gasteiger charge is 2.08. The molecule has 15 heavy (non-hydrogen) atoms. The summed E-state index contributed by atoms with van der Waals surface area (Å²) < 4.78 is 0. The molecule has 3 nitrogen and oxygen atoms in total. The van der Waals surface area contributed by atoms with E-state index < -0.39 is 0 Å². The molecule has 0 amide bonds. The van der Waals surface area contributed by atoms with Crippen molar-refractivity contribution in [3.63, 3.8) is 0 Å². The first-order chi connectivity index (χ1) is 7.00. The maximum atomic E-state index is 10.5. The van der Waals surface area contributed by atoms with Gasteiger partial charge in [-0.25, -0.2) is 0 Å². The van der Waals surface area contributed by atoms with Gasteiger partial charge in [0.1, 0.15) is 0 Å². The molecule has 0 atom stereocenters. The van der Waals surface area contributed by atoms with Gasteiger partial charge in [-0.05, 0) is 36.8 Å². The van der Waals surface area contributed by atoms with Crippen molar-refractivity contribution in [3.8, 4) is 0 Å². The van der Waals surface area contributed by atoms with Crippen molar-refractivity contribution in [2.75, 3.05) is 0 Å². The standard InChI is InChI=1S/C12H17NO2/c1-9(2)4-5-11-6-7-12(13(14)15)8-10(11)3/h6-9H,4-5H2,1-3H3. The number of nitrogens with zero attached hydrogens (tertiary/aromatic N) is 1. The van der Waals surface area contributed by atoms with Gasteiger partial charge in [0.05, 0.1) is 4.92 Å². The molecule has 0 radical (unpaired) electrons. The SMILES string of the molecule is Cc1cc([N+](=O)[O-])ccc1CCC(C)C. The van der Waals surface area contributed by atoms with E-state index in [9.17, 15) is 10.1 Å². The zero-order valence-electron chi connectivity index (χ0n) is 9.49. The van der Waals surface area contributed by atoms with Gasteiger partial charge in [-0.1, -0.05) is 19.9 Å². The summed E-state index contributed by atoms with van der Waals surface area (Å²) >= 11 is 0. The zero-order chi connectivity index (χ0) is 11.4. The monoisotopic (exact) mass is 207 g/mol. The molecular weight excluding hydrogens is 190 g/mol. The van der Waals surface area contributed by atoms with Gasteiger partial charge >= 0.3 is 0 Å². The van der Waals surface area contributed by atoms with Crippen LogP contribution in [0.4, 0.5) is 5.69 Å². The van der Waals surface area contributed by atoms with Gasteiger partial charge in [0.15, 0.2) is 0 Å². The van der Waals surface area contributed by atoms with Gasteiger partial charge in [0.2, 0.25) is 0 Å². The average Bonchev–Trinajstić information content (AvgIpc) is 2.15. The molecule has 0 N–H and O–H groups in total. The third kappa shape index (κ3) is 3.35. The van der Waals surface area contributed by atoms with Crippen LogP contribution in [0.5, 0.6) is 0 Å². The van der Waals surface area contributed by atoms with Crippen LogP contribution < -0.4 is 0 Å². The summed E-state index contributed by atoms with van der Waals surface area (Å²) in [4.78, 5) is 10.2. The second kappa shape index (κ2) is 4.91. The lowest BCUT2D eigenvalue weighted by molar-refractivity contribution is -0.384. The van der Waals surface area contributed by atoms with Gasteiger partial charge in [-0.3, -0.25) is 10.1 Å². The average molecular weight is 207 g/mol. The Morgan fingerprint density at radius 2 is 2.07 bits per heavy atom. The van der Waals surface area contributed by atoms with E-state index >= 15 is 0 Å². The van der Waals surface area contributed by atoms with Crippen LogP contribution in [0.2, 0.25) is 0 Å². The number of benzene rings is 1. The molecule has 0 spiro atoms. The number of aryl methyl sites for hydroxylation is 2. The second-order valence-electron chi connectivity index (χ2n) is 4.30. The maximum Gasteiger partial charge on any atom is 0.269 e. The summed E-state index contributed by atoms with van der Waals surface area (Å²) in [5.41, 5.74) is 2.42. The minimum absolute atomic E-state index is 0.181. The minimum Gasteiger partial charge on any atom is -0.258 e. The highest BCUT2D eigenvalue weighted by atomic mass is 16.6. The lowest BCUT2D eigenvalue weighted by atomic mass is 9.99. The van der Waals surface area contributed by atoms with E-state index in [0.717, 1.165) is 18.4 Å². The molecule has 0 fully saturated rings. The predicted molar refractivity (Wildman–Crippen MR) is 61.0 cm³/mol. The van der Waals surface area contributed by atoms with Crippen molar-refractivity contribution in [1.82, 2.24) is 0 Å². The summed E-state index contributed by atoms with van der Waals surface area (Å²) in [6.45, 7) is 6.30. The van der Waals surface area contributed by atoms with Crippen molar-refractivity contribution in [2.45, 2.75) is 33.6 Å². The normalized spacial score (nSPS) is 10.7. The second-order valence-corrected chi connectivity index (χ2v) is 4.30. The Kier molecular flexibility index (Phi) is 3.83. The first-order valence-corrected chi connectivity index (χ1v) is 5.24. The van der Waals surface area contributed by atoms with Gasteiger partial charge in [0.25, 0.3) is 5.69 Å². The fourth-order valence-electron chi connectivity index (χ4n) is 1.52. The number of rotatable bonds is 4. The van der Waals surface area contributed by atoms with E-state index in [4.69, 9.17) is 0 Å². The summed E-state index contributed by atoms with van der Waals surface area (Å²) in [6, 6.07) is 5.11. The molecule has 0 unspecified atom stereocenters. The zero-order valence-corrected chi connectivity index (χ0v) is 9.49. The number of hydrogen-bond acceptors (Lipinski definition) is 2. The predicted octanol–water partition coefficient (Wildman–Crippen LogP) is 3.49. The number of nitro groups is 1. The number of non-ortho nitro benzene ring substituents is 1. The first-order valence-electron chi connectivity index (χ1n) is 5.24. The van der Waals surface area contributed by atoms with Crippen LogP contribution >= 0.6 is 0 Å². The van der Waals surface area contributed by atoms with Gasteiger partial charge in [0, 0.05) is 12.1 Å². The Hall–Kier alpha value is -1.38. The van der Waals surface area contributed by atoms with E-state index in [2.05, 4.69) is 13.8 Å². The van der Waals surface area contributed by atoms with Crippen LogP contribution in [-0.4, -0.2) is 4.92 Å². The van der Waals surface area contributed by atoms with Crippen molar-refractivity contribution in [3.05, 3.63) is 39.4 Å². The Bertz CT molecular complexity index is 359. The Morgan fingerprint density at radius 3 is 2.53 bits per heavy atom. The molecule has 0 aliphatic carbocycles. The Balaban J connectivity index is 2.79. The molecule has 0 saturated carbocycles. The molecule has 3 heteroatoms. The van der Waals surface area contributed by atoms with Gasteiger partial charge < -0.3 is 0 Å². The molecule has 1 aromatic carbocycles. The third-order valence-electron chi connectivity index (χ3n) is 2.53. The van der Waals surface area contributed by atoms with E-state index in [0.29, 0.717) is 5.92 Å². The Morgan fingerprint density at radius 1 is 1.40 bits per heavy atom. The van der Waals surface area contributed by atoms with Crippen molar-refractivity contribution >= 4 is 5.69 Å². The fourth-order valence-corrected chi connectivity index (χ4v) is 1.52. The van der Waals surface area contributed by atoms with E-state index in [-0.39, 0.29) is 10.6 Å². The molecule has 0 saturated heterocycles. The van der Waals surface area contributed by atoms with Gasteiger partial charge in [-0.15, -0.1) is 0 Å². The minimum atomic E-state index is -0.348. The van der Waals surface area contributed by atoms with Crippen molar-refractivity contribution < 1.29 is 4.92 Å². The summed E-state index contributed by atoms with van der Waals surface area (Å²) in [7, 11) is 0. The molecule has 1 aromatic rings. The van der Waals surface area contributed by atoms with Crippen LogP contribution in [0.1, 0.15) is 31.4 Å². The quantitative estimate of drug-likeness (QED) is 0.560. The van der Waals surface area contributed by atoms with Crippen molar-refractivity contribution in [2.24, 2.45) is 5.92 Å². The largest absolute Gasteiger partial charge is 0.269 e. The third-order valence-corrected chi connectivity index (χ3v) is 2.53. The van der Waals surface area contributed by atoms with Crippen LogP contribution in [-0.2, 0) is 6.42 Å². The number of nitro benzene ring substituents is 1. The lowest BCUT2D eigenvalue weighted by Crippen LogP contribution is -1.96. The number of hydrogen-bond donors (Lipinski definition) is 0. The molecule has 0 heterocycles. The highest BCUT2D eigenvalue weighted by molar-refractivity contribution is 5.39. The van der Waals surface area contributed by atoms with Gasteiger partial charge in [-0.2, -0.15) is 0 Å².